The van der Waals surface area contributed by atoms with E-state index in [1.165, 1.54) is 19.3 Å². The molecule has 4 heteroatoms. The van der Waals surface area contributed by atoms with Gasteiger partial charge in [0, 0.05) is 20.3 Å². The maximum atomic E-state index is 11.9. The van der Waals surface area contributed by atoms with Crippen molar-refractivity contribution in [3.63, 3.8) is 0 Å². The minimum absolute atomic E-state index is 0.00704. The third-order valence-corrected chi connectivity index (χ3v) is 3.95. The summed E-state index contributed by atoms with van der Waals surface area (Å²) in [6.45, 7) is 5.69. The largest absolute Gasteiger partial charge is 0.385 e. The van der Waals surface area contributed by atoms with Gasteiger partial charge in [0.2, 0.25) is 5.91 Å². The number of methoxy groups -OCH3 is 1. The lowest BCUT2D eigenvalue weighted by atomic mass is 9.66. The molecule has 1 amide bonds. The molecule has 0 aromatic carbocycles. The van der Waals surface area contributed by atoms with E-state index in [1.807, 2.05) is 0 Å². The number of amides is 1. The molecule has 0 heterocycles. The molecule has 1 aliphatic carbocycles. The molecule has 1 fully saturated rings. The predicted octanol–water partition coefficient (Wildman–Crippen LogP) is 1.68. The van der Waals surface area contributed by atoms with Gasteiger partial charge < -0.3 is 15.8 Å². The summed E-state index contributed by atoms with van der Waals surface area (Å²) in [5.74, 6) is 0.448. The molecule has 0 spiro atoms. The third kappa shape index (κ3) is 4.58. The topological polar surface area (TPSA) is 64.3 Å². The zero-order valence-electron chi connectivity index (χ0n) is 12.0. The Hall–Kier alpha value is -0.610. The van der Waals surface area contributed by atoms with Crippen molar-refractivity contribution in [3.8, 4) is 0 Å². The van der Waals surface area contributed by atoms with Crippen molar-refractivity contribution in [2.24, 2.45) is 17.1 Å². The summed E-state index contributed by atoms with van der Waals surface area (Å²) in [5, 5.41) is 3.02. The maximum Gasteiger partial charge on any atom is 0.236 e. The van der Waals surface area contributed by atoms with E-state index in [0.717, 1.165) is 26.0 Å². The second kappa shape index (κ2) is 7.10. The number of carbonyl (C=O) groups is 1. The van der Waals surface area contributed by atoms with Crippen LogP contribution in [0, 0.1) is 11.3 Å². The fourth-order valence-electron chi connectivity index (χ4n) is 2.53. The van der Waals surface area contributed by atoms with Crippen LogP contribution in [0.5, 0.6) is 0 Å². The fraction of sp³-hybridized carbons (Fsp3) is 0.929. The van der Waals surface area contributed by atoms with E-state index in [1.54, 1.807) is 7.11 Å². The average molecular weight is 256 g/mol. The zero-order valence-corrected chi connectivity index (χ0v) is 12.0. The molecule has 1 saturated carbocycles. The first-order valence-corrected chi connectivity index (χ1v) is 7.01. The molecule has 106 valence electrons. The Labute approximate surface area is 111 Å². The Balaban J connectivity index is 2.31. The van der Waals surface area contributed by atoms with E-state index in [-0.39, 0.29) is 17.4 Å². The van der Waals surface area contributed by atoms with E-state index >= 15 is 0 Å². The Morgan fingerprint density at radius 3 is 2.56 bits per heavy atom. The van der Waals surface area contributed by atoms with Crippen LogP contribution in [-0.2, 0) is 9.53 Å². The third-order valence-electron chi connectivity index (χ3n) is 3.95. The van der Waals surface area contributed by atoms with Crippen LogP contribution in [0.15, 0.2) is 0 Å². The lowest BCUT2D eigenvalue weighted by Crippen LogP contribution is -2.48. The van der Waals surface area contributed by atoms with E-state index in [4.69, 9.17) is 10.5 Å². The number of ether oxygens (including phenoxy) is 1. The van der Waals surface area contributed by atoms with Crippen molar-refractivity contribution in [1.29, 1.82) is 0 Å². The quantitative estimate of drug-likeness (QED) is 0.694. The summed E-state index contributed by atoms with van der Waals surface area (Å²) >= 11 is 0. The summed E-state index contributed by atoms with van der Waals surface area (Å²) in [5.41, 5.74) is 6.14. The van der Waals surface area contributed by atoms with Crippen molar-refractivity contribution in [2.75, 3.05) is 20.3 Å². The molecule has 1 rings (SSSR count). The van der Waals surface area contributed by atoms with Gasteiger partial charge in [-0.25, -0.2) is 0 Å². The van der Waals surface area contributed by atoms with E-state index in [0.29, 0.717) is 5.92 Å². The fourth-order valence-corrected chi connectivity index (χ4v) is 2.53. The standard InChI is InChI=1S/C14H28N2O2/c1-11(2)9-12(15)13(17)16-10-14(5-4-6-14)7-8-18-3/h11-12H,4-10,15H2,1-3H3,(H,16,17)/t12-/m0/s1. The molecule has 0 bridgehead atoms. The van der Waals surface area contributed by atoms with Gasteiger partial charge in [-0.1, -0.05) is 20.3 Å². The van der Waals surface area contributed by atoms with Crippen molar-refractivity contribution in [2.45, 2.75) is 52.0 Å². The van der Waals surface area contributed by atoms with E-state index in [2.05, 4.69) is 19.2 Å². The molecular formula is C14H28N2O2. The van der Waals surface area contributed by atoms with Gasteiger partial charge in [-0.2, -0.15) is 0 Å². The molecule has 1 aliphatic rings. The highest BCUT2D eigenvalue weighted by Crippen LogP contribution is 2.43. The van der Waals surface area contributed by atoms with Crippen LogP contribution >= 0.6 is 0 Å². The van der Waals surface area contributed by atoms with Crippen LogP contribution in [0.1, 0.15) is 46.0 Å². The first-order chi connectivity index (χ1) is 8.49. The van der Waals surface area contributed by atoms with Gasteiger partial charge in [-0.05, 0) is 37.0 Å². The summed E-state index contributed by atoms with van der Waals surface area (Å²) in [4.78, 5) is 11.9. The highest BCUT2D eigenvalue weighted by atomic mass is 16.5. The van der Waals surface area contributed by atoms with Crippen LogP contribution in [0.4, 0.5) is 0 Å². The Kier molecular flexibility index (Phi) is 6.09. The molecule has 4 nitrogen and oxygen atoms in total. The van der Waals surface area contributed by atoms with Gasteiger partial charge in [0.05, 0.1) is 6.04 Å². The summed E-state index contributed by atoms with van der Waals surface area (Å²) < 4.78 is 5.14. The second-order valence-electron chi connectivity index (χ2n) is 6.05. The highest BCUT2D eigenvalue weighted by Gasteiger charge is 2.36. The molecule has 18 heavy (non-hydrogen) atoms. The summed E-state index contributed by atoms with van der Waals surface area (Å²) in [6, 6.07) is -0.371. The SMILES string of the molecule is COCCC1(CNC(=O)[C@@H](N)CC(C)C)CCC1. The van der Waals surface area contributed by atoms with Gasteiger partial charge in [-0.15, -0.1) is 0 Å². The van der Waals surface area contributed by atoms with E-state index in [9.17, 15) is 4.79 Å². The molecule has 0 aromatic heterocycles. The van der Waals surface area contributed by atoms with Crippen LogP contribution in [0.2, 0.25) is 0 Å². The molecule has 0 radical (unpaired) electrons. The van der Waals surface area contributed by atoms with Crippen molar-refractivity contribution < 1.29 is 9.53 Å². The summed E-state index contributed by atoms with van der Waals surface area (Å²) in [7, 11) is 1.73. The monoisotopic (exact) mass is 256 g/mol. The Morgan fingerprint density at radius 1 is 1.44 bits per heavy atom. The van der Waals surface area contributed by atoms with Crippen LogP contribution in [-0.4, -0.2) is 32.2 Å². The average Bonchev–Trinajstić information content (AvgIpc) is 2.26. The van der Waals surface area contributed by atoms with Crippen LogP contribution in [0.3, 0.4) is 0 Å². The van der Waals surface area contributed by atoms with Crippen LogP contribution in [0.25, 0.3) is 0 Å². The van der Waals surface area contributed by atoms with Gasteiger partial charge >= 0.3 is 0 Å². The van der Waals surface area contributed by atoms with Gasteiger partial charge in [-0.3, -0.25) is 4.79 Å². The predicted molar refractivity (Wildman–Crippen MR) is 73.2 cm³/mol. The lowest BCUT2D eigenvalue weighted by molar-refractivity contribution is -0.123. The van der Waals surface area contributed by atoms with Gasteiger partial charge in [0.25, 0.3) is 0 Å². The number of hydrogen-bond acceptors (Lipinski definition) is 3. The van der Waals surface area contributed by atoms with Crippen molar-refractivity contribution in [1.82, 2.24) is 5.32 Å². The molecule has 0 aliphatic heterocycles. The minimum Gasteiger partial charge on any atom is -0.385 e. The van der Waals surface area contributed by atoms with Crippen molar-refractivity contribution >= 4 is 5.91 Å². The zero-order chi connectivity index (χ0) is 13.6. The normalized spacial score (nSPS) is 19.4. The first kappa shape index (κ1) is 15.4. The lowest BCUT2D eigenvalue weighted by Gasteiger charge is -2.42. The number of hydrogen-bond donors (Lipinski definition) is 2. The number of rotatable bonds is 8. The molecule has 0 saturated heterocycles. The van der Waals surface area contributed by atoms with Gasteiger partial charge in [0.15, 0.2) is 0 Å². The maximum absolute atomic E-state index is 11.9. The van der Waals surface area contributed by atoms with E-state index < -0.39 is 0 Å². The Bertz CT molecular complexity index is 263. The van der Waals surface area contributed by atoms with Crippen LogP contribution < -0.4 is 11.1 Å². The van der Waals surface area contributed by atoms with Crippen molar-refractivity contribution in [3.05, 3.63) is 0 Å². The molecule has 0 unspecified atom stereocenters. The minimum atomic E-state index is -0.371. The molecule has 3 N–H and O–H groups in total. The number of nitrogens with two attached hydrogens (primary N) is 1. The van der Waals surface area contributed by atoms with Gasteiger partial charge in [0.1, 0.15) is 0 Å². The smallest absolute Gasteiger partial charge is 0.236 e. The molecule has 1 atom stereocenters. The highest BCUT2D eigenvalue weighted by molar-refractivity contribution is 5.81. The second-order valence-corrected chi connectivity index (χ2v) is 6.05. The summed E-state index contributed by atoms with van der Waals surface area (Å²) in [6.07, 6.45) is 5.42. The molecular weight excluding hydrogens is 228 g/mol. The molecule has 0 aromatic rings. The number of nitrogens with one attached hydrogen (secondary N) is 1. The number of carbonyl (C=O) groups excluding carboxylic acids is 1. The Morgan fingerprint density at radius 2 is 2.11 bits per heavy atom. The first-order valence-electron chi connectivity index (χ1n) is 7.01.